The van der Waals surface area contributed by atoms with Gasteiger partial charge in [-0.1, -0.05) is 37.3 Å². The molecule has 1 aromatic heterocycles. The molecule has 2 aliphatic heterocycles. The van der Waals surface area contributed by atoms with Crippen LogP contribution >= 0.6 is 0 Å². The Balaban J connectivity index is 1.65. The fourth-order valence-electron chi connectivity index (χ4n) is 5.18. The molecular formula is C27H33N3O4. The maximum atomic E-state index is 13.9. The molecule has 3 amide bonds. The van der Waals surface area contributed by atoms with Gasteiger partial charge in [-0.3, -0.25) is 24.3 Å². The van der Waals surface area contributed by atoms with Crippen molar-refractivity contribution in [1.29, 1.82) is 0 Å². The average Bonchev–Trinajstić information content (AvgIpc) is 3.42. The second-order valence-corrected chi connectivity index (χ2v) is 9.37. The zero-order valence-electron chi connectivity index (χ0n) is 20.0. The number of aryl methyl sites for hydroxylation is 1. The second-order valence-electron chi connectivity index (χ2n) is 9.37. The summed E-state index contributed by atoms with van der Waals surface area (Å²) >= 11 is 0. The molecule has 2 aliphatic rings. The fraction of sp³-hybridized carbons (Fsp3) is 0.481. The van der Waals surface area contributed by atoms with E-state index in [1.807, 2.05) is 49.1 Å². The summed E-state index contributed by atoms with van der Waals surface area (Å²) in [5.74, 6) is -0.673. The van der Waals surface area contributed by atoms with Crippen molar-refractivity contribution in [3.05, 3.63) is 65.5 Å². The first-order valence-electron chi connectivity index (χ1n) is 12.1. The number of rotatable bonds is 9. The van der Waals surface area contributed by atoms with E-state index in [0.29, 0.717) is 13.1 Å². The lowest BCUT2D eigenvalue weighted by atomic mass is 9.74. The van der Waals surface area contributed by atoms with Crippen LogP contribution in [0.25, 0.3) is 0 Å². The Kier molecular flexibility index (Phi) is 7.41. The average molecular weight is 464 g/mol. The monoisotopic (exact) mass is 463 g/mol. The van der Waals surface area contributed by atoms with Gasteiger partial charge < -0.3 is 9.64 Å². The van der Waals surface area contributed by atoms with Gasteiger partial charge in [-0.2, -0.15) is 0 Å². The van der Waals surface area contributed by atoms with E-state index >= 15 is 0 Å². The molecule has 0 bridgehead atoms. The number of amides is 3. The van der Waals surface area contributed by atoms with Gasteiger partial charge in [0.15, 0.2) is 0 Å². The van der Waals surface area contributed by atoms with E-state index in [9.17, 15) is 14.4 Å². The Bertz CT molecular complexity index is 1040. The Hall–Kier alpha value is -3.06. The lowest BCUT2D eigenvalue weighted by Gasteiger charge is -2.32. The lowest BCUT2D eigenvalue weighted by Crippen LogP contribution is -2.45. The van der Waals surface area contributed by atoms with E-state index in [0.717, 1.165) is 42.6 Å². The van der Waals surface area contributed by atoms with Crippen LogP contribution in [-0.2, 0) is 31.1 Å². The van der Waals surface area contributed by atoms with E-state index in [-0.39, 0.29) is 43.2 Å². The Morgan fingerprint density at radius 1 is 1.24 bits per heavy atom. The Morgan fingerprint density at radius 2 is 2.06 bits per heavy atom. The first-order valence-corrected chi connectivity index (χ1v) is 12.1. The van der Waals surface area contributed by atoms with Crippen LogP contribution in [0.2, 0.25) is 0 Å². The minimum absolute atomic E-state index is 0.0113. The third-order valence-corrected chi connectivity index (χ3v) is 6.88. The van der Waals surface area contributed by atoms with Gasteiger partial charge >= 0.3 is 0 Å². The highest BCUT2D eigenvalue weighted by molar-refractivity contribution is 6.10. The molecule has 2 atom stereocenters. The van der Waals surface area contributed by atoms with E-state index in [1.165, 1.54) is 4.90 Å². The topological polar surface area (TPSA) is 79.8 Å². The van der Waals surface area contributed by atoms with E-state index in [4.69, 9.17) is 4.74 Å². The molecule has 34 heavy (non-hydrogen) atoms. The van der Waals surface area contributed by atoms with Crippen molar-refractivity contribution in [3.8, 4) is 0 Å². The number of hydrogen-bond donors (Lipinski definition) is 0. The normalized spacial score (nSPS) is 22.4. The summed E-state index contributed by atoms with van der Waals surface area (Å²) in [5, 5.41) is 0. The zero-order chi connectivity index (χ0) is 24.1. The number of carbonyl (C=O) groups excluding carboxylic acids is 3. The van der Waals surface area contributed by atoms with Crippen LogP contribution < -0.4 is 0 Å². The summed E-state index contributed by atoms with van der Waals surface area (Å²) in [6.45, 7) is 5.97. The van der Waals surface area contributed by atoms with E-state index in [1.54, 1.807) is 18.5 Å². The van der Waals surface area contributed by atoms with Crippen molar-refractivity contribution in [3.63, 3.8) is 0 Å². The van der Waals surface area contributed by atoms with Gasteiger partial charge in [0.1, 0.15) is 0 Å². The first kappa shape index (κ1) is 24.1. The number of pyridine rings is 1. The largest absolute Gasteiger partial charge is 0.376 e. The van der Waals surface area contributed by atoms with Crippen molar-refractivity contribution in [2.24, 2.45) is 0 Å². The highest BCUT2D eigenvalue weighted by Gasteiger charge is 2.54. The third-order valence-electron chi connectivity index (χ3n) is 6.88. The quantitative estimate of drug-likeness (QED) is 0.533. The summed E-state index contributed by atoms with van der Waals surface area (Å²) in [5.41, 5.74) is 1.23. The maximum Gasteiger partial charge on any atom is 0.241 e. The molecule has 0 saturated carbocycles. The number of ether oxygens (including phenoxy) is 1. The molecule has 7 heteroatoms. The SMILES string of the molecule is CCCN(C[C@@H]1CCCO1)C(=O)C[C@]1(c2ccccc2C)CC(=O)N(Cc2cccnc2)C1=O. The second kappa shape index (κ2) is 10.5. The number of benzene rings is 1. The number of imide groups is 1. The van der Waals surface area contributed by atoms with E-state index < -0.39 is 5.41 Å². The zero-order valence-corrected chi connectivity index (χ0v) is 20.0. The molecule has 7 nitrogen and oxygen atoms in total. The van der Waals surface area contributed by atoms with Crippen LogP contribution in [0.5, 0.6) is 0 Å². The number of hydrogen-bond acceptors (Lipinski definition) is 5. The van der Waals surface area contributed by atoms with Crippen LogP contribution in [0.1, 0.15) is 55.7 Å². The molecule has 0 N–H and O–H groups in total. The van der Waals surface area contributed by atoms with Gasteiger partial charge in [0.25, 0.3) is 0 Å². The van der Waals surface area contributed by atoms with Gasteiger partial charge in [-0.25, -0.2) is 0 Å². The Morgan fingerprint density at radius 3 is 2.74 bits per heavy atom. The molecule has 2 fully saturated rings. The summed E-state index contributed by atoms with van der Waals surface area (Å²) < 4.78 is 5.77. The fourth-order valence-corrected chi connectivity index (χ4v) is 5.18. The molecule has 2 saturated heterocycles. The highest BCUT2D eigenvalue weighted by atomic mass is 16.5. The number of likely N-dealkylation sites (tertiary alicyclic amines) is 1. The smallest absolute Gasteiger partial charge is 0.241 e. The third kappa shape index (κ3) is 4.89. The molecular weight excluding hydrogens is 430 g/mol. The van der Waals surface area contributed by atoms with Crippen molar-refractivity contribution in [2.75, 3.05) is 19.7 Å². The van der Waals surface area contributed by atoms with Gasteiger partial charge in [0, 0.05) is 44.9 Å². The van der Waals surface area contributed by atoms with Crippen molar-refractivity contribution in [1.82, 2.24) is 14.8 Å². The maximum absolute atomic E-state index is 13.9. The first-order chi connectivity index (χ1) is 16.4. The molecule has 1 aromatic carbocycles. The highest BCUT2D eigenvalue weighted by Crippen LogP contribution is 2.42. The standard InChI is InChI=1S/C27H33N3O4/c1-3-13-29(19-22-10-7-14-34-22)24(31)15-27(23-11-5-4-8-20(23)2)16-25(32)30(26(27)33)18-21-9-6-12-28-17-21/h4-6,8-9,11-12,17,22H,3,7,10,13-16,18-19H2,1-2H3/t22-,27+/m0/s1. The summed E-state index contributed by atoms with van der Waals surface area (Å²) in [4.78, 5) is 48.0. The lowest BCUT2D eigenvalue weighted by molar-refractivity contribution is -0.143. The van der Waals surface area contributed by atoms with Crippen molar-refractivity contribution < 1.29 is 19.1 Å². The molecule has 0 aliphatic carbocycles. The molecule has 180 valence electrons. The van der Waals surface area contributed by atoms with Crippen LogP contribution in [-0.4, -0.2) is 58.3 Å². The van der Waals surface area contributed by atoms with Crippen LogP contribution in [0.3, 0.4) is 0 Å². The van der Waals surface area contributed by atoms with Gasteiger partial charge in [-0.05, 0) is 48.9 Å². The minimum Gasteiger partial charge on any atom is -0.376 e. The van der Waals surface area contributed by atoms with Crippen LogP contribution in [0, 0.1) is 6.92 Å². The summed E-state index contributed by atoms with van der Waals surface area (Å²) in [6, 6.07) is 11.2. The number of nitrogens with zero attached hydrogens (tertiary/aromatic N) is 3. The minimum atomic E-state index is -1.20. The summed E-state index contributed by atoms with van der Waals surface area (Å²) in [6.07, 6.45) is 6.06. The summed E-state index contributed by atoms with van der Waals surface area (Å²) in [7, 11) is 0. The molecule has 0 radical (unpaired) electrons. The predicted molar refractivity (Wildman–Crippen MR) is 128 cm³/mol. The predicted octanol–water partition coefficient (Wildman–Crippen LogP) is 3.39. The van der Waals surface area contributed by atoms with Gasteiger partial charge in [0.2, 0.25) is 17.7 Å². The molecule has 4 rings (SSSR count). The van der Waals surface area contributed by atoms with Crippen LogP contribution in [0.4, 0.5) is 0 Å². The van der Waals surface area contributed by atoms with Gasteiger partial charge in [-0.15, -0.1) is 0 Å². The molecule has 0 unspecified atom stereocenters. The van der Waals surface area contributed by atoms with E-state index in [2.05, 4.69) is 4.98 Å². The molecule has 0 spiro atoms. The molecule has 2 aromatic rings. The van der Waals surface area contributed by atoms with Gasteiger partial charge in [0.05, 0.1) is 18.1 Å². The van der Waals surface area contributed by atoms with Crippen LogP contribution in [0.15, 0.2) is 48.8 Å². The van der Waals surface area contributed by atoms with Crippen molar-refractivity contribution in [2.45, 2.75) is 64.0 Å². The molecule has 3 heterocycles. The van der Waals surface area contributed by atoms with Crippen molar-refractivity contribution >= 4 is 17.7 Å². The Labute approximate surface area is 201 Å². The number of carbonyl (C=O) groups is 3. The number of aromatic nitrogens is 1.